The van der Waals surface area contributed by atoms with Gasteiger partial charge in [-0.25, -0.2) is 8.42 Å². The number of hydrogen-bond donors (Lipinski definition) is 2. The van der Waals surface area contributed by atoms with E-state index in [4.69, 9.17) is 4.74 Å². The summed E-state index contributed by atoms with van der Waals surface area (Å²) in [5, 5.41) is 14.0. The minimum Gasteiger partial charge on any atom is -0.377 e. The summed E-state index contributed by atoms with van der Waals surface area (Å²) in [4.78, 5) is 3.06. The van der Waals surface area contributed by atoms with Crippen LogP contribution in [-0.4, -0.2) is 36.4 Å². The highest BCUT2D eigenvalue weighted by Crippen LogP contribution is 2.30. The molecule has 0 amide bonds. The number of aromatic amines is 1. The van der Waals surface area contributed by atoms with Crippen LogP contribution in [-0.2, 0) is 14.8 Å². The number of rotatable bonds is 4. The number of sulfonamides is 1. The summed E-state index contributed by atoms with van der Waals surface area (Å²) < 4.78 is 34.6. The Morgan fingerprint density at radius 1 is 1.44 bits per heavy atom. The Morgan fingerprint density at radius 2 is 2.24 bits per heavy atom. The van der Waals surface area contributed by atoms with E-state index >= 15 is 0 Å². The summed E-state index contributed by atoms with van der Waals surface area (Å²) in [6.45, 7) is 2.94. The monoisotopic (exact) mass is 357 g/mol. The molecule has 1 aliphatic heterocycles. The van der Waals surface area contributed by atoms with Gasteiger partial charge < -0.3 is 9.72 Å². The molecule has 1 aromatic carbocycles. The number of ether oxygens (including phenoxy) is 1. The third kappa shape index (κ3) is 2.56. The highest BCUT2D eigenvalue weighted by atomic mass is 32.2. The first kappa shape index (κ1) is 15.7. The Bertz CT molecular complexity index is 1100. The second-order valence-electron chi connectivity index (χ2n) is 5.95. The van der Waals surface area contributed by atoms with Crippen molar-refractivity contribution in [1.29, 1.82) is 5.26 Å². The lowest BCUT2D eigenvalue weighted by atomic mass is 10.1. The molecular weight excluding hydrogens is 342 g/mol. The maximum atomic E-state index is 12.7. The van der Waals surface area contributed by atoms with Gasteiger partial charge in [0.1, 0.15) is 11.0 Å². The van der Waals surface area contributed by atoms with Gasteiger partial charge in [-0.15, -0.1) is 0 Å². The molecule has 8 nitrogen and oxygen atoms in total. The van der Waals surface area contributed by atoms with Crippen LogP contribution in [0, 0.1) is 18.3 Å². The van der Waals surface area contributed by atoms with Crippen molar-refractivity contribution in [3.63, 3.8) is 0 Å². The van der Waals surface area contributed by atoms with Gasteiger partial charge in [0.15, 0.2) is 0 Å². The summed E-state index contributed by atoms with van der Waals surface area (Å²) in [6.07, 6.45) is 4.39. The standard InChI is InChI=1S/C16H15N5O3S/c1-10-2-3-14(16-15(10)11(4-17)5-18-16)20-25(22,23)13-6-19-21(7-13)12-8-24-9-12/h2-3,5-7,12,18,20H,8-9H2,1H3. The lowest BCUT2D eigenvalue weighted by Crippen LogP contribution is -2.30. The number of nitriles is 1. The van der Waals surface area contributed by atoms with E-state index in [0.29, 0.717) is 35.4 Å². The second-order valence-corrected chi connectivity index (χ2v) is 7.63. The van der Waals surface area contributed by atoms with Gasteiger partial charge >= 0.3 is 0 Å². The van der Waals surface area contributed by atoms with Crippen molar-refractivity contribution in [2.75, 3.05) is 17.9 Å². The van der Waals surface area contributed by atoms with Crippen LogP contribution < -0.4 is 4.72 Å². The van der Waals surface area contributed by atoms with E-state index in [9.17, 15) is 13.7 Å². The average molecular weight is 357 g/mol. The number of aromatic nitrogens is 3. The summed E-state index contributed by atoms with van der Waals surface area (Å²) in [5.41, 5.74) is 2.35. The molecule has 0 bridgehead atoms. The van der Waals surface area contributed by atoms with Gasteiger partial charge in [-0.3, -0.25) is 9.40 Å². The summed E-state index contributed by atoms with van der Waals surface area (Å²) in [6, 6.07) is 5.65. The fourth-order valence-corrected chi connectivity index (χ4v) is 3.84. The van der Waals surface area contributed by atoms with Crippen molar-refractivity contribution in [3.8, 4) is 6.07 Å². The van der Waals surface area contributed by atoms with Crippen molar-refractivity contribution >= 4 is 26.6 Å². The maximum absolute atomic E-state index is 12.7. The van der Waals surface area contributed by atoms with Crippen molar-refractivity contribution in [3.05, 3.63) is 41.9 Å². The molecule has 1 aliphatic rings. The van der Waals surface area contributed by atoms with E-state index in [2.05, 4.69) is 20.9 Å². The van der Waals surface area contributed by atoms with E-state index in [1.54, 1.807) is 23.0 Å². The van der Waals surface area contributed by atoms with E-state index < -0.39 is 10.0 Å². The van der Waals surface area contributed by atoms with Gasteiger partial charge in [0, 0.05) is 17.8 Å². The normalized spacial score (nSPS) is 15.0. The highest BCUT2D eigenvalue weighted by molar-refractivity contribution is 7.92. The molecular formula is C16H15N5O3S. The SMILES string of the molecule is Cc1ccc(NS(=O)(=O)c2cnn(C3COC3)c2)c2[nH]cc(C#N)c12. The Hall–Kier alpha value is -2.83. The van der Waals surface area contributed by atoms with Crippen molar-refractivity contribution in [2.24, 2.45) is 0 Å². The minimum atomic E-state index is -3.79. The number of nitrogens with one attached hydrogen (secondary N) is 2. The molecule has 0 atom stereocenters. The molecule has 3 heterocycles. The van der Waals surface area contributed by atoms with Crippen LogP contribution in [0.25, 0.3) is 10.9 Å². The molecule has 25 heavy (non-hydrogen) atoms. The molecule has 9 heteroatoms. The molecule has 1 saturated heterocycles. The predicted molar refractivity (Wildman–Crippen MR) is 90.6 cm³/mol. The van der Waals surface area contributed by atoms with Gasteiger partial charge in [0.2, 0.25) is 0 Å². The number of aryl methyl sites for hydroxylation is 1. The Morgan fingerprint density at radius 3 is 2.92 bits per heavy atom. The first-order chi connectivity index (χ1) is 12.0. The fraction of sp³-hybridized carbons (Fsp3) is 0.250. The third-order valence-electron chi connectivity index (χ3n) is 4.29. The molecule has 128 valence electrons. The molecule has 0 aliphatic carbocycles. The van der Waals surface area contributed by atoms with Crippen molar-refractivity contribution in [2.45, 2.75) is 17.9 Å². The van der Waals surface area contributed by atoms with Gasteiger partial charge in [-0.05, 0) is 18.6 Å². The molecule has 0 spiro atoms. The number of nitrogens with zero attached hydrogens (tertiary/aromatic N) is 3. The molecule has 3 aromatic rings. The van der Waals surface area contributed by atoms with Crippen molar-refractivity contribution < 1.29 is 13.2 Å². The molecule has 0 saturated carbocycles. The number of benzene rings is 1. The Kier molecular flexibility index (Phi) is 3.52. The predicted octanol–water partition coefficient (Wildman–Crippen LogP) is 1.92. The first-order valence-corrected chi connectivity index (χ1v) is 9.13. The number of hydrogen-bond acceptors (Lipinski definition) is 5. The van der Waals surface area contributed by atoms with Gasteiger partial charge in [0.25, 0.3) is 10.0 Å². The highest BCUT2D eigenvalue weighted by Gasteiger charge is 2.25. The van der Waals surface area contributed by atoms with Crippen LogP contribution in [0.4, 0.5) is 5.69 Å². The zero-order chi connectivity index (χ0) is 17.6. The topological polar surface area (TPSA) is 113 Å². The lowest BCUT2D eigenvalue weighted by Gasteiger charge is -2.25. The quantitative estimate of drug-likeness (QED) is 0.741. The van der Waals surface area contributed by atoms with E-state index in [-0.39, 0.29) is 10.9 Å². The Labute approximate surface area is 144 Å². The smallest absolute Gasteiger partial charge is 0.265 e. The first-order valence-electron chi connectivity index (χ1n) is 7.65. The third-order valence-corrected chi connectivity index (χ3v) is 5.61. The maximum Gasteiger partial charge on any atom is 0.265 e. The van der Waals surface area contributed by atoms with Crippen LogP contribution in [0.2, 0.25) is 0 Å². The van der Waals surface area contributed by atoms with Gasteiger partial charge in [-0.2, -0.15) is 10.4 Å². The van der Waals surface area contributed by atoms with Crippen LogP contribution >= 0.6 is 0 Å². The Balaban J connectivity index is 1.70. The summed E-state index contributed by atoms with van der Waals surface area (Å²) in [5.74, 6) is 0. The molecule has 0 radical (unpaired) electrons. The zero-order valence-electron chi connectivity index (χ0n) is 13.4. The molecule has 2 aromatic heterocycles. The zero-order valence-corrected chi connectivity index (χ0v) is 14.2. The second kappa shape index (κ2) is 5.61. The summed E-state index contributed by atoms with van der Waals surface area (Å²) in [7, 11) is -3.79. The minimum absolute atomic E-state index is 0.0802. The average Bonchev–Trinajstić information content (AvgIpc) is 3.16. The molecule has 4 rings (SSSR count). The van der Waals surface area contributed by atoms with Gasteiger partial charge in [0.05, 0.1) is 42.2 Å². The van der Waals surface area contributed by atoms with Crippen LogP contribution in [0.15, 0.2) is 35.6 Å². The number of anilines is 1. The summed E-state index contributed by atoms with van der Waals surface area (Å²) >= 11 is 0. The van der Waals surface area contributed by atoms with Gasteiger partial charge in [-0.1, -0.05) is 6.07 Å². The van der Waals surface area contributed by atoms with Crippen LogP contribution in [0.3, 0.4) is 0 Å². The van der Waals surface area contributed by atoms with E-state index in [1.165, 1.54) is 12.4 Å². The number of fused-ring (bicyclic) bond motifs is 1. The van der Waals surface area contributed by atoms with Crippen molar-refractivity contribution in [1.82, 2.24) is 14.8 Å². The lowest BCUT2D eigenvalue weighted by molar-refractivity contribution is -0.0287. The largest absolute Gasteiger partial charge is 0.377 e. The molecule has 1 fully saturated rings. The number of H-pyrrole nitrogens is 1. The molecule has 0 unspecified atom stereocenters. The van der Waals surface area contributed by atoms with Crippen LogP contribution in [0.1, 0.15) is 17.2 Å². The van der Waals surface area contributed by atoms with E-state index in [0.717, 1.165) is 5.56 Å². The fourth-order valence-electron chi connectivity index (χ4n) is 2.83. The van der Waals surface area contributed by atoms with E-state index in [1.807, 2.05) is 6.92 Å². The van der Waals surface area contributed by atoms with Crippen LogP contribution in [0.5, 0.6) is 0 Å². The molecule has 2 N–H and O–H groups in total.